The van der Waals surface area contributed by atoms with Crippen LogP contribution in [0.5, 0.6) is 0 Å². The fourth-order valence-corrected chi connectivity index (χ4v) is 1.03. The highest BCUT2D eigenvalue weighted by molar-refractivity contribution is 5.36. The molecular formula is C14H20. The molecule has 1 rings (SSSR count). The van der Waals surface area contributed by atoms with Gasteiger partial charge in [0.2, 0.25) is 0 Å². The summed E-state index contributed by atoms with van der Waals surface area (Å²) in [6, 6.07) is 0. The lowest BCUT2D eigenvalue weighted by Gasteiger charge is -2.03. The van der Waals surface area contributed by atoms with E-state index >= 15 is 0 Å². The van der Waals surface area contributed by atoms with Gasteiger partial charge in [0.15, 0.2) is 0 Å². The first-order chi connectivity index (χ1) is 6.83. The van der Waals surface area contributed by atoms with E-state index in [-0.39, 0.29) is 0 Å². The summed E-state index contributed by atoms with van der Waals surface area (Å²) >= 11 is 0. The van der Waals surface area contributed by atoms with Crippen molar-refractivity contribution in [3.05, 3.63) is 60.3 Å². The Morgan fingerprint density at radius 1 is 1.21 bits per heavy atom. The molecule has 76 valence electrons. The van der Waals surface area contributed by atoms with Gasteiger partial charge in [-0.2, -0.15) is 0 Å². The Bertz CT molecular complexity index is 272. The molecule has 0 heterocycles. The maximum Gasteiger partial charge on any atom is -0.00917 e. The molecule has 0 bridgehead atoms. The number of allylic oxidation sites excluding steroid dienone is 9. The van der Waals surface area contributed by atoms with Crippen LogP contribution in [-0.2, 0) is 0 Å². The molecule has 0 nitrogen and oxygen atoms in total. The van der Waals surface area contributed by atoms with Crippen LogP contribution >= 0.6 is 0 Å². The summed E-state index contributed by atoms with van der Waals surface area (Å²) in [6.07, 6.45) is 15.4. The van der Waals surface area contributed by atoms with Gasteiger partial charge in [0.05, 0.1) is 0 Å². The second kappa shape index (κ2) is 8.31. The fraction of sp³-hybridized carbons (Fsp3) is 0.286. The third-order valence-electron chi connectivity index (χ3n) is 1.78. The topological polar surface area (TPSA) is 0 Å². The van der Waals surface area contributed by atoms with Gasteiger partial charge in [-0.1, -0.05) is 68.5 Å². The second-order valence-electron chi connectivity index (χ2n) is 2.85. The summed E-state index contributed by atoms with van der Waals surface area (Å²) in [6.45, 7) is 9.73. The summed E-state index contributed by atoms with van der Waals surface area (Å²) < 4.78 is 0. The van der Waals surface area contributed by atoms with E-state index < -0.39 is 0 Å². The maximum absolute atomic E-state index is 3.61. The summed E-state index contributed by atoms with van der Waals surface area (Å²) in [7, 11) is 0. The minimum atomic E-state index is 1.05. The van der Waals surface area contributed by atoms with Gasteiger partial charge in [0, 0.05) is 0 Å². The standard InChI is InChI=1S/C12H14.C2H6/c1-3-4-5-6-12-9-7-11(2)8-10-12;1-2/h3-9H,1,10H2,2H3;1-2H3/b5-4-,12-6-;. The van der Waals surface area contributed by atoms with Crippen molar-refractivity contribution in [2.24, 2.45) is 0 Å². The minimum absolute atomic E-state index is 1.05. The van der Waals surface area contributed by atoms with Gasteiger partial charge in [-0.3, -0.25) is 0 Å². The Balaban J connectivity index is 0.000000791. The zero-order chi connectivity index (χ0) is 10.8. The van der Waals surface area contributed by atoms with Gasteiger partial charge in [-0.25, -0.2) is 0 Å². The molecule has 0 N–H and O–H groups in total. The second-order valence-corrected chi connectivity index (χ2v) is 2.85. The highest BCUT2D eigenvalue weighted by Crippen LogP contribution is 2.14. The van der Waals surface area contributed by atoms with Crippen LogP contribution in [0.25, 0.3) is 0 Å². The van der Waals surface area contributed by atoms with Crippen molar-refractivity contribution in [1.82, 2.24) is 0 Å². The average molecular weight is 188 g/mol. The lowest BCUT2D eigenvalue weighted by Crippen LogP contribution is -1.83. The van der Waals surface area contributed by atoms with Crippen LogP contribution in [0.4, 0.5) is 0 Å². The molecule has 0 atom stereocenters. The SMILES string of the molecule is C=C/C=C\C=C1\C=CC(C)=CC1.CC. The molecule has 0 aliphatic heterocycles. The molecule has 0 amide bonds. The molecule has 0 aromatic rings. The van der Waals surface area contributed by atoms with Crippen LogP contribution in [-0.4, -0.2) is 0 Å². The molecule has 0 radical (unpaired) electrons. The molecule has 1 aliphatic rings. The molecule has 0 saturated carbocycles. The molecule has 1 aliphatic carbocycles. The maximum atomic E-state index is 3.61. The number of rotatable bonds is 2. The normalized spacial score (nSPS) is 17.6. The molecule has 0 fully saturated rings. The molecule has 14 heavy (non-hydrogen) atoms. The van der Waals surface area contributed by atoms with Gasteiger partial charge in [0.1, 0.15) is 0 Å². The first-order valence-electron chi connectivity index (χ1n) is 5.16. The molecule has 0 unspecified atom stereocenters. The fourth-order valence-electron chi connectivity index (χ4n) is 1.03. The van der Waals surface area contributed by atoms with Crippen molar-refractivity contribution in [3.63, 3.8) is 0 Å². The Labute approximate surface area is 88.0 Å². The predicted octanol–water partition coefficient (Wildman–Crippen LogP) is 4.59. The molecule has 0 aromatic carbocycles. The van der Waals surface area contributed by atoms with E-state index in [1.54, 1.807) is 6.08 Å². The largest absolute Gasteiger partial charge is 0.0991 e. The quantitative estimate of drug-likeness (QED) is 0.556. The van der Waals surface area contributed by atoms with Crippen LogP contribution in [0.3, 0.4) is 0 Å². The van der Waals surface area contributed by atoms with E-state index in [1.165, 1.54) is 11.1 Å². The van der Waals surface area contributed by atoms with Crippen LogP contribution in [0.15, 0.2) is 60.3 Å². The first kappa shape index (κ1) is 12.7. The highest BCUT2D eigenvalue weighted by atomic mass is 14.0. The Kier molecular flexibility index (Phi) is 7.53. The van der Waals surface area contributed by atoms with Gasteiger partial charge in [-0.15, -0.1) is 0 Å². The average Bonchev–Trinajstić information content (AvgIpc) is 2.24. The highest BCUT2D eigenvalue weighted by Gasteiger charge is 1.94. The lowest BCUT2D eigenvalue weighted by molar-refractivity contribution is 1.22. The van der Waals surface area contributed by atoms with Crippen LogP contribution in [0, 0.1) is 0 Å². The van der Waals surface area contributed by atoms with E-state index in [1.807, 2.05) is 26.0 Å². The molecular weight excluding hydrogens is 168 g/mol. The van der Waals surface area contributed by atoms with Crippen molar-refractivity contribution in [3.8, 4) is 0 Å². The Morgan fingerprint density at radius 3 is 2.43 bits per heavy atom. The van der Waals surface area contributed by atoms with E-state index in [0.29, 0.717) is 0 Å². The molecule has 0 spiro atoms. The van der Waals surface area contributed by atoms with Gasteiger partial charge in [0.25, 0.3) is 0 Å². The predicted molar refractivity (Wildman–Crippen MR) is 66.3 cm³/mol. The minimum Gasteiger partial charge on any atom is -0.0991 e. The van der Waals surface area contributed by atoms with E-state index in [2.05, 4.69) is 37.8 Å². The van der Waals surface area contributed by atoms with Gasteiger partial charge in [-0.05, 0) is 18.9 Å². The monoisotopic (exact) mass is 188 g/mol. The van der Waals surface area contributed by atoms with Crippen molar-refractivity contribution >= 4 is 0 Å². The Morgan fingerprint density at radius 2 is 1.93 bits per heavy atom. The molecule has 0 saturated heterocycles. The number of hydrogen-bond acceptors (Lipinski definition) is 0. The molecule has 0 heteroatoms. The van der Waals surface area contributed by atoms with E-state index in [4.69, 9.17) is 0 Å². The third kappa shape index (κ3) is 5.36. The van der Waals surface area contributed by atoms with Crippen molar-refractivity contribution in [2.75, 3.05) is 0 Å². The molecule has 0 aromatic heterocycles. The summed E-state index contributed by atoms with van der Waals surface area (Å²) in [4.78, 5) is 0. The third-order valence-corrected chi connectivity index (χ3v) is 1.78. The van der Waals surface area contributed by atoms with E-state index in [0.717, 1.165) is 6.42 Å². The van der Waals surface area contributed by atoms with Gasteiger partial charge < -0.3 is 0 Å². The van der Waals surface area contributed by atoms with Crippen molar-refractivity contribution in [2.45, 2.75) is 27.2 Å². The van der Waals surface area contributed by atoms with Crippen molar-refractivity contribution < 1.29 is 0 Å². The lowest BCUT2D eigenvalue weighted by atomic mass is 10.0. The van der Waals surface area contributed by atoms with Crippen LogP contribution in [0.2, 0.25) is 0 Å². The summed E-state index contributed by atoms with van der Waals surface area (Å²) in [5.41, 5.74) is 2.69. The zero-order valence-corrected chi connectivity index (χ0v) is 9.46. The van der Waals surface area contributed by atoms with Crippen molar-refractivity contribution in [1.29, 1.82) is 0 Å². The van der Waals surface area contributed by atoms with E-state index in [9.17, 15) is 0 Å². The van der Waals surface area contributed by atoms with Crippen LogP contribution < -0.4 is 0 Å². The Hall–Kier alpha value is -1.30. The summed E-state index contributed by atoms with van der Waals surface area (Å²) in [5.74, 6) is 0. The van der Waals surface area contributed by atoms with Gasteiger partial charge >= 0.3 is 0 Å². The number of hydrogen-bond donors (Lipinski definition) is 0. The van der Waals surface area contributed by atoms with Crippen LogP contribution in [0.1, 0.15) is 27.2 Å². The smallest absolute Gasteiger partial charge is 0.00917 e. The first-order valence-corrected chi connectivity index (χ1v) is 5.16. The summed E-state index contributed by atoms with van der Waals surface area (Å²) in [5, 5.41) is 0. The zero-order valence-electron chi connectivity index (χ0n) is 9.46.